The van der Waals surface area contributed by atoms with Gasteiger partial charge in [-0.15, -0.1) is 11.3 Å². The van der Waals surface area contributed by atoms with Gasteiger partial charge in [0.1, 0.15) is 0 Å². The monoisotopic (exact) mass is 384 g/mol. The van der Waals surface area contributed by atoms with Gasteiger partial charge in [-0.1, -0.05) is 35.9 Å². The fraction of sp³-hybridized carbons (Fsp3) is 0.250. The molecule has 1 aliphatic rings. The van der Waals surface area contributed by atoms with Crippen LogP contribution in [-0.2, 0) is 22.9 Å². The first-order valence-electron chi connectivity index (χ1n) is 8.68. The highest BCUT2D eigenvalue weighted by molar-refractivity contribution is 7.93. The number of hydrogen-bond donors (Lipinski definition) is 1. The van der Waals surface area contributed by atoms with Crippen LogP contribution in [0.15, 0.2) is 52.9 Å². The number of anilines is 1. The maximum Gasteiger partial charge on any atom is 0.264 e. The quantitative estimate of drug-likeness (QED) is 0.703. The first-order chi connectivity index (χ1) is 12.5. The van der Waals surface area contributed by atoms with Crippen molar-refractivity contribution in [1.82, 2.24) is 4.98 Å². The molecule has 0 atom stereocenters. The molecule has 4 rings (SSSR count). The Morgan fingerprint density at radius 2 is 1.85 bits per heavy atom. The van der Waals surface area contributed by atoms with E-state index in [1.165, 1.54) is 35.3 Å². The summed E-state index contributed by atoms with van der Waals surface area (Å²) in [5.41, 5.74) is 5.45. The Kier molecular flexibility index (Phi) is 4.54. The lowest BCUT2D eigenvalue weighted by Crippen LogP contribution is -2.14. The maximum absolute atomic E-state index is 12.9. The van der Waals surface area contributed by atoms with Crippen molar-refractivity contribution in [2.75, 3.05) is 4.72 Å². The first-order valence-corrected chi connectivity index (χ1v) is 11.0. The van der Waals surface area contributed by atoms with Crippen LogP contribution < -0.4 is 4.72 Å². The molecule has 0 saturated heterocycles. The van der Waals surface area contributed by atoms with E-state index in [0.29, 0.717) is 5.13 Å². The van der Waals surface area contributed by atoms with E-state index in [1.807, 2.05) is 25.1 Å². The Morgan fingerprint density at radius 1 is 1.04 bits per heavy atom. The lowest BCUT2D eigenvalue weighted by atomic mass is 9.89. The molecular weight excluding hydrogens is 364 g/mol. The third kappa shape index (κ3) is 3.39. The summed E-state index contributed by atoms with van der Waals surface area (Å²) in [5, 5.41) is 2.12. The van der Waals surface area contributed by atoms with Gasteiger partial charge in [0.2, 0.25) is 0 Å². The molecule has 26 heavy (non-hydrogen) atoms. The lowest BCUT2D eigenvalue weighted by Gasteiger charge is -2.18. The Labute approximate surface area is 158 Å². The van der Waals surface area contributed by atoms with Crippen LogP contribution in [0.25, 0.3) is 11.1 Å². The Hall–Kier alpha value is -2.18. The number of aromatic nitrogens is 1. The highest BCUT2D eigenvalue weighted by atomic mass is 32.2. The van der Waals surface area contributed by atoms with Crippen LogP contribution in [0, 0.1) is 6.92 Å². The van der Waals surface area contributed by atoms with Crippen molar-refractivity contribution < 1.29 is 8.42 Å². The van der Waals surface area contributed by atoms with E-state index in [9.17, 15) is 8.42 Å². The summed E-state index contributed by atoms with van der Waals surface area (Å²) in [7, 11) is -3.70. The number of aryl methyl sites for hydroxylation is 3. The molecule has 3 aromatic rings. The second-order valence-corrected chi connectivity index (χ2v) is 9.18. The van der Waals surface area contributed by atoms with Crippen molar-refractivity contribution in [3.63, 3.8) is 0 Å². The largest absolute Gasteiger partial charge is 0.264 e. The summed E-state index contributed by atoms with van der Waals surface area (Å²) in [6.45, 7) is 1.98. The topological polar surface area (TPSA) is 59.1 Å². The minimum atomic E-state index is -3.70. The van der Waals surface area contributed by atoms with Crippen LogP contribution in [0.5, 0.6) is 0 Å². The van der Waals surface area contributed by atoms with E-state index >= 15 is 0 Å². The zero-order chi connectivity index (χ0) is 18.1. The molecule has 2 aromatic carbocycles. The lowest BCUT2D eigenvalue weighted by molar-refractivity contribution is 0.601. The summed E-state index contributed by atoms with van der Waals surface area (Å²) in [5.74, 6) is 0. The molecule has 134 valence electrons. The van der Waals surface area contributed by atoms with E-state index in [2.05, 4.69) is 21.8 Å². The van der Waals surface area contributed by atoms with E-state index in [4.69, 9.17) is 0 Å². The zero-order valence-corrected chi connectivity index (χ0v) is 16.2. The number of nitrogens with one attached hydrogen (secondary N) is 1. The minimum Gasteiger partial charge on any atom is -0.255 e. The average Bonchev–Trinajstić information content (AvgIpc) is 3.13. The van der Waals surface area contributed by atoms with Crippen LogP contribution >= 0.6 is 11.3 Å². The van der Waals surface area contributed by atoms with Gasteiger partial charge in [0.05, 0.1) is 4.90 Å². The van der Waals surface area contributed by atoms with Gasteiger partial charge >= 0.3 is 0 Å². The summed E-state index contributed by atoms with van der Waals surface area (Å²) in [4.78, 5) is 4.32. The molecule has 6 heteroatoms. The van der Waals surface area contributed by atoms with Gasteiger partial charge in [-0.05, 0) is 55.4 Å². The van der Waals surface area contributed by atoms with Gasteiger partial charge in [0.25, 0.3) is 10.0 Å². The molecule has 0 spiro atoms. The molecule has 0 radical (unpaired) electrons. The van der Waals surface area contributed by atoms with Crippen molar-refractivity contribution in [2.45, 2.75) is 37.5 Å². The van der Waals surface area contributed by atoms with Crippen LogP contribution in [-0.4, -0.2) is 13.4 Å². The van der Waals surface area contributed by atoms with Gasteiger partial charge in [0, 0.05) is 17.1 Å². The molecule has 1 aliphatic carbocycles. The normalized spacial score (nSPS) is 14.0. The van der Waals surface area contributed by atoms with E-state index < -0.39 is 10.0 Å². The summed E-state index contributed by atoms with van der Waals surface area (Å²) in [6.07, 6.45) is 6.19. The molecule has 0 saturated carbocycles. The van der Waals surface area contributed by atoms with Crippen LogP contribution in [0.1, 0.15) is 29.5 Å². The van der Waals surface area contributed by atoms with Crippen LogP contribution in [0.3, 0.4) is 0 Å². The Balaban J connectivity index is 1.80. The molecule has 0 amide bonds. The molecule has 1 heterocycles. The number of benzene rings is 2. The summed E-state index contributed by atoms with van der Waals surface area (Å²) < 4.78 is 28.5. The fourth-order valence-electron chi connectivity index (χ4n) is 3.45. The Morgan fingerprint density at radius 3 is 2.62 bits per heavy atom. The average molecular weight is 385 g/mol. The van der Waals surface area contributed by atoms with E-state index in [0.717, 1.165) is 29.5 Å². The van der Waals surface area contributed by atoms with Crippen molar-refractivity contribution in [1.29, 1.82) is 0 Å². The van der Waals surface area contributed by atoms with Gasteiger partial charge in [-0.2, -0.15) is 0 Å². The molecule has 1 N–H and O–H groups in total. The second kappa shape index (κ2) is 6.85. The standard InChI is InChI=1S/C20H20N2O2S2/c1-14-6-9-19(26(23,24)22-20-21-10-11-25-20)18(12-14)17-8-7-15-4-2-3-5-16(15)13-17/h6-13H,2-5H2,1H3,(H,21,22). The molecular formula is C20H20N2O2S2. The molecule has 0 unspecified atom stereocenters. The number of fused-ring (bicyclic) bond motifs is 1. The van der Waals surface area contributed by atoms with Crippen molar-refractivity contribution >= 4 is 26.5 Å². The number of nitrogens with zero attached hydrogens (tertiary/aromatic N) is 1. The van der Waals surface area contributed by atoms with E-state index in [1.54, 1.807) is 17.6 Å². The minimum absolute atomic E-state index is 0.286. The number of sulfonamides is 1. The highest BCUT2D eigenvalue weighted by Gasteiger charge is 2.21. The van der Waals surface area contributed by atoms with E-state index in [-0.39, 0.29) is 4.90 Å². The van der Waals surface area contributed by atoms with Crippen LogP contribution in [0.4, 0.5) is 5.13 Å². The Bertz CT molecular complexity index is 1040. The number of rotatable bonds is 4. The summed E-state index contributed by atoms with van der Waals surface area (Å²) in [6, 6.07) is 11.8. The zero-order valence-electron chi connectivity index (χ0n) is 14.5. The molecule has 4 nitrogen and oxygen atoms in total. The number of thiazole rings is 1. The smallest absolute Gasteiger partial charge is 0.255 e. The van der Waals surface area contributed by atoms with Crippen molar-refractivity contribution in [3.8, 4) is 11.1 Å². The molecule has 0 bridgehead atoms. The predicted molar refractivity (Wildman–Crippen MR) is 106 cm³/mol. The van der Waals surface area contributed by atoms with Gasteiger partial charge in [0.15, 0.2) is 5.13 Å². The third-order valence-corrected chi connectivity index (χ3v) is 6.95. The summed E-state index contributed by atoms with van der Waals surface area (Å²) >= 11 is 1.27. The van der Waals surface area contributed by atoms with Crippen molar-refractivity contribution in [2.24, 2.45) is 0 Å². The first kappa shape index (κ1) is 17.2. The predicted octanol–water partition coefficient (Wildman–Crippen LogP) is 4.80. The number of hydrogen-bond acceptors (Lipinski definition) is 4. The van der Waals surface area contributed by atoms with Gasteiger partial charge in [-0.3, -0.25) is 4.72 Å². The fourth-order valence-corrected chi connectivity index (χ4v) is 5.45. The molecule has 0 fully saturated rings. The van der Waals surface area contributed by atoms with Gasteiger partial charge in [-0.25, -0.2) is 13.4 Å². The molecule has 1 aromatic heterocycles. The second-order valence-electron chi connectivity index (χ2n) is 6.63. The highest BCUT2D eigenvalue weighted by Crippen LogP contribution is 2.33. The van der Waals surface area contributed by atoms with Crippen molar-refractivity contribution in [3.05, 3.63) is 64.7 Å². The van der Waals surface area contributed by atoms with Crippen LogP contribution in [0.2, 0.25) is 0 Å². The molecule has 0 aliphatic heterocycles. The third-order valence-electron chi connectivity index (χ3n) is 4.74. The maximum atomic E-state index is 12.9. The van der Waals surface area contributed by atoms with Gasteiger partial charge < -0.3 is 0 Å². The SMILES string of the molecule is Cc1ccc(S(=O)(=O)Nc2nccs2)c(-c2ccc3c(c2)CCCC3)c1.